The fourth-order valence-corrected chi connectivity index (χ4v) is 4.65. The number of aromatic carboxylic acids is 1. The molecule has 0 aliphatic carbocycles. The van der Waals surface area contributed by atoms with Crippen LogP contribution in [0.15, 0.2) is 67.0 Å². The molecule has 1 saturated heterocycles. The van der Waals surface area contributed by atoms with Gasteiger partial charge in [-0.2, -0.15) is 0 Å². The van der Waals surface area contributed by atoms with Crippen LogP contribution in [0.1, 0.15) is 21.7 Å². The van der Waals surface area contributed by atoms with Crippen LogP contribution in [0.25, 0.3) is 40.0 Å². The predicted molar refractivity (Wildman–Crippen MR) is 153 cm³/mol. The van der Waals surface area contributed by atoms with Crippen molar-refractivity contribution in [2.45, 2.75) is 0 Å². The molecule has 5 aromatic rings. The number of ether oxygens (including phenoxy) is 2. The number of anilines is 1. The maximum atomic E-state index is 11.6. The van der Waals surface area contributed by atoms with Crippen LogP contribution in [0.5, 0.6) is 5.75 Å². The third-order valence-electron chi connectivity index (χ3n) is 6.58. The molecule has 3 aromatic heterocycles. The number of hydrogen-bond acceptors (Lipinski definition) is 7. The van der Waals surface area contributed by atoms with Crippen LogP contribution in [0.3, 0.4) is 0 Å². The minimum absolute atomic E-state index is 0. The summed E-state index contributed by atoms with van der Waals surface area (Å²) < 4.78 is 12.9. The molecule has 10 heteroatoms. The Balaban J connectivity index is 0.00000308. The molecule has 0 saturated carbocycles. The molecule has 2 aromatic carbocycles. The molecule has 1 fully saturated rings. The molecule has 1 N–H and O–H groups in total. The van der Waals surface area contributed by atoms with Gasteiger partial charge in [-0.05, 0) is 36.4 Å². The highest BCUT2D eigenvalue weighted by atomic mass is 35.5. The van der Waals surface area contributed by atoms with E-state index in [-0.39, 0.29) is 23.7 Å². The number of halogens is 1. The number of imidazole rings is 1. The molecule has 1 aliphatic rings. The second kappa shape index (κ2) is 11.1. The molecule has 0 spiro atoms. The largest absolute Gasteiger partial charge is 0.496 e. The van der Waals surface area contributed by atoms with E-state index >= 15 is 0 Å². The Morgan fingerprint density at radius 2 is 1.82 bits per heavy atom. The third kappa shape index (κ3) is 5.14. The number of morpholine rings is 1. The number of para-hydroxylation sites is 1. The fourth-order valence-electron chi connectivity index (χ4n) is 4.65. The number of aromatic nitrogens is 4. The summed E-state index contributed by atoms with van der Waals surface area (Å²) >= 11 is 0. The quantitative estimate of drug-likeness (QED) is 0.316. The second-order valence-electron chi connectivity index (χ2n) is 8.91. The van der Waals surface area contributed by atoms with Gasteiger partial charge in [0, 0.05) is 30.2 Å². The zero-order valence-electron chi connectivity index (χ0n) is 21.2. The van der Waals surface area contributed by atoms with Crippen LogP contribution in [-0.2, 0) is 4.74 Å². The summed E-state index contributed by atoms with van der Waals surface area (Å²) in [5.41, 5.74) is 4.85. The number of carboxylic acid groups (broad SMARTS) is 1. The summed E-state index contributed by atoms with van der Waals surface area (Å²) in [7, 11) is 1.46. The van der Waals surface area contributed by atoms with E-state index in [0.717, 1.165) is 52.5 Å². The number of benzene rings is 2. The first-order valence-electron chi connectivity index (χ1n) is 12.3. The van der Waals surface area contributed by atoms with Crippen molar-refractivity contribution < 1.29 is 19.4 Å². The third-order valence-corrected chi connectivity index (χ3v) is 6.58. The van der Waals surface area contributed by atoms with E-state index in [1.165, 1.54) is 7.11 Å². The van der Waals surface area contributed by atoms with Gasteiger partial charge in [0.2, 0.25) is 0 Å². The molecule has 4 heterocycles. The molecular weight excluding hydrogens is 518 g/mol. The lowest BCUT2D eigenvalue weighted by atomic mass is 10.1. The van der Waals surface area contributed by atoms with E-state index in [1.807, 2.05) is 53.1 Å². The molecule has 0 amide bonds. The molecule has 6 rings (SSSR count). The first-order chi connectivity index (χ1) is 18.6. The van der Waals surface area contributed by atoms with E-state index < -0.39 is 5.97 Å². The van der Waals surface area contributed by atoms with Crippen LogP contribution in [0.2, 0.25) is 0 Å². The van der Waals surface area contributed by atoms with Crippen molar-refractivity contribution in [2.24, 2.45) is 0 Å². The van der Waals surface area contributed by atoms with Crippen molar-refractivity contribution in [3.8, 4) is 17.0 Å². The first-order valence-corrected chi connectivity index (χ1v) is 12.3. The number of fused-ring (bicyclic) bond motifs is 2. The molecule has 0 unspecified atom stereocenters. The van der Waals surface area contributed by atoms with Crippen molar-refractivity contribution in [1.82, 2.24) is 19.4 Å². The monoisotopic (exact) mass is 543 g/mol. The standard InChI is InChI=1S/C29H25N5O4.ClH/c1-37-26-16-20(7-11-23(26)29(35)36)25-17-30-27(33-12-14-38-15-13-33)28-32-22(18-34(25)28)10-9-21-8-6-19-4-2-3-5-24(19)31-21;/h2-11,16-18H,12-15H2,1H3,(H,35,36);1H. The van der Waals surface area contributed by atoms with Gasteiger partial charge in [-0.1, -0.05) is 30.3 Å². The second-order valence-corrected chi connectivity index (χ2v) is 8.91. The lowest BCUT2D eigenvalue weighted by Crippen LogP contribution is -2.37. The lowest BCUT2D eigenvalue weighted by molar-refractivity contribution is 0.0693. The summed E-state index contributed by atoms with van der Waals surface area (Å²) in [5.74, 6) is 0.00867. The van der Waals surface area contributed by atoms with Gasteiger partial charge in [0.15, 0.2) is 11.5 Å². The van der Waals surface area contributed by atoms with Crippen LogP contribution >= 0.6 is 12.4 Å². The summed E-state index contributed by atoms with van der Waals surface area (Å²) in [6, 6.07) is 17.1. The summed E-state index contributed by atoms with van der Waals surface area (Å²) in [6.45, 7) is 2.71. The maximum absolute atomic E-state index is 11.6. The molecule has 198 valence electrons. The minimum atomic E-state index is -1.04. The maximum Gasteiger partial charge on any atom is 0.339 e. The average molecular weight is 544 g/mol. The Labute approximate surface area is 230 Å². The zero-order valence-corrected chi connectivity index (χ0v) is 22.0. The van der Waals surface area contributed by atoms with Gasteiger partial charge in [-0.15, -0.1) is 12.4 Å². The summed E-state index contributed by atoms with van der Waals surface area (Å²) in [4.78, 5) is 28.2. The van der Waals surface area contributed by atoms with Crippen molar-refractivity contribution in [2.75, 3.05) is 38.3 Å². The Morgan fingerprint density at radius 3 is 2.62 bits per heavy atom. The van der Waals surface area contributed by atoms with E-state index in [1.54, 1.807) is 24.4 Å². The van der Waals surface area contributed by atoms with Gasteiger partial charge in [-0.3, -0.25) is 4.40 Å². The molecule has 9 nitrogen and oxygen atoms in total. The number of rotatable bonds is 6. The number of nitrogens with zero attached hydrogens (tertiary/aromatic N) is 5. The van der Waals surface area contributed by atoms with E-state index in [4.69, 9.17) is 24.4 Å². The Hall–Kier alpha value is -4.47. The minimum Gasteiger partial charge on any atom is -0.496 e. The molecular formula is C29H26ClN5O4. The normalized spacial score (nSPS) is 13.6. The smallest absolute Gasteiger partial charge is 0.339 e. The highest BCUT2D eigenvalue weighted by Crippen LogP contribution is 2.31. The summed E-state index contributed by atoms with van der Waals surface area (Å²) in [6.07, 6.45) is 7.62. The number of hydrogen-bond donors (Lipinski definition) is 1. The van der Waals surface area contributed by atoms with Gasteiger partial charge in [0.25, 0.3) is 0 Å². The van der Waals surface area contributed by atoms with E-state index in [2.05, 4.69) is 11.0 Å². The first kappa shape index (κ1) is 26.1. The number of carbonyl (C=O) groups is 1. The van der Waals surface area contributed by atoms with Crippen molar-refractivity contribution >= 4 is 52.9 Å². The molecule has 0 atom stereocenters. The van der Waals surface area contributed by atoms with Crippen LogP contribution in [-0.4, -0.2) is 63.8 Å². The summed E-state index contributed by atoms with van der Waals surface area (Å²) in [5, 5.41) is 10.6. The lowest BCUT2D eigenvalue weighted by Gasteiger charge is -2.28. The van der Waals surface area contributed by atoms with E-state index in [9.17, 15) is 9.90 Å². The topological polar surface area (TPSA) is 102 Å². The molecule has 0 radical (unpaired) electrons. The Morgan fingerprint density at radius 1 is 1.03 bits per heavy atom. The molecule has 39 heavy (non-hydrogen) atoms. The zero-order chi connectivity index (χ0) is 26.1. The molecule has 0 bridgehead atoms. The number of methoxy groups -OCH3 is 1. The van der Waals surface area contributed by atoms with Crippen LogP contribution in [0.4, 0.5) is 5.82 Å². The number of pyridine rings is 1. The van der Waals surface area contributed by atoms with Crippen LogP contribution < -0.4 is 9.64 Å². The number of carboxylic acids is 1. The van der Waals surface area contributed by atoms with Gasteiger partial charge in [0.05, 0.1) is 49.1 Å². The SMILES string of the molecule is COc1cc(-c2cnc(N3CCOCC3)c3nc(C=Cc4ccc5ccccc5n4)cn23)ccc1C(=O)O.Cl. The van der Waals surface area contributed by atoms with Crippen molar-refractivity contribution in [3.63, 3.8) is 0 Å². The van der Waals surface area contributed by atoms with Gasteiger partial charge in [0.1, 0.15) is 11.3 Å². The Kier molecular flexibility index (Phi) is 7.44. The molecule has 1 aliphatic heterocycles. The Bertz CT molecular complexity index is 1690. The predicted octanol–water partition coefficient (Wildman–Crippen LogP) is 5.08. The van der Waals surface area contributed by atoms with Crippen molar-refractivity contribution in [3.05, 3.63) is 83.9 Å². The fraction of sp³-hybridized carbons (Fsp3) is 0.172. The van der Waals surface area contributed by atoms with Gasteiger partial charge < -0.3 is 19.5 Å². The van der Waals surface area contributed by atoms with Gasteiger partial charge >= 0.3 is 5.97 Å². The van der Waals surface area contributed by atoms with Crippen molar-refractivity contribution in [1.29, 1.82) is 0 Å². The highest BCUT2D eigenvalue weighted by molar-refractivity contribution is 5.92. The van der Waals surface area contributed by atoms with E-state index in [0.29, 0.717) is 18.9 Å². The highest BCUT2D eigenvalue weighted by Gasteiger charge is 2.20. The van der Waals surface area contributed by atoms with Gasteiger partial charge in [-0.25, -0.2) is 19.7 Å². The van der Waals surface area contributed by atoms with Crippen LogP contribution in [0, 0.1) is 0 Å². The average Bonchev–Trinajstić information content (AvgIpc) is 3.40.